The van der Waals surface area contributed by atoms with Crippen LogP contribution in [-0.4, -0.2) is 30.9 Å². The fourth-order valence-corrected chi connectivity index (χ4v) is 3.57. The van der Waals surface area contributed by atoms with Gasteiger partial charge in [0.05, 0.1) is 37.9 Å². The minimum Gasteiger partial charge on any atom is -0.494 e. The van der Waals surface area contributed by atoms with Crippen molar-refractivity contribution in [3.8, 4) is 17.2 Å². The summed E-state index contributed by atoms with van der Waals surface area (Å²) in [6.07, 6.45) is -0.515. The maximum Gasteiger partial charge on any atom is 0.271 e. The van der Waals surface area contributed by atoms with Gasteiger partial charge in [0.1, 0.15) is 5.75 Å². The molecule has 0 aliphatic heterocycles. The van der Waals surface area contributed by atoms with Crippen molar-refractivity contribution < 1.29 is 24.2 Å². The molecule has 0 fully saturated rings. The summed E-state index contributed by atoms with van der Waals surface area (Å²) >= 11 is 0. The molecule has 0 saturated heterocycles. The van der Waals surface area contributed by atoms with Crippen molar-refractivity contribution >= 4 is 11.4 Å². The normalized spacial score (nSPS) is 12.5. The number of rotatable bonds is 11. The Hall–Kier alpha value is -3.78. The van der Waals surface area contributed by atoms with Crippen LogP contribution in [-0.2, 0) is 0 Å². The Balaban J connectivity index is 1.89. The van der Waals surface area contributed by atoms with Crippen LogP contribution in [0, 0.1) is 10.1 Å². The summed E-state index contributed by atoms with van der Waals surface area (Å²) in [6.45, 7) is 2.48. The SMILES string of the molecule is CCOc1ccc(C(CC(O)c2ccc(OC)c(OC)c2)Nc2cccc([N+](=O)[O-])c2)cc1. The number of aliphatic hydroxyl groups excluding tert-OH is 1. The lowest BCUT2D eigenvalue weighted by atomic mass is 9.96. The van der Waals surface area contributed by atoms with Gasteiger partial charge in [0.2, 0.25) is 0 Å². The van der Waals surface area contributed by atoms with E-state index >= 15 is 0 Å². The van der Waals surface area contributed by atoms with Crippen LogP contribution >= 0.6 is 0 Å². The molecule has 2 unspecified atom stereocenters. The maximum atomic E-state index is 11.2. The van der Waals surface area contributed by atoms with Crippen LogP contribution in [0.4, 0.5) is 11.4 Å². The molecule has 0 heterocycles. The van der Waals surface area contributed by atoms with E-state index in [2.05, 4.69) is 5.32 Å². The highest BCUT2D eigenvalue weighted by Gasteiger charge is 2.20. The predicted molar refractivity (Wildman–Crippen MR) is 126 cm³/mol. The molecule has 3 rings (SSSR count). The van der Waals surface area contributed by atoms with E-state index in [-0.39, 0.29) is 11.7 Å². The zero-order valence-electron chi connectivity index (χ0n) is 18.9. The molecule has 8 heteroatoms. The van der Waals surface area contributed by atoms with Gasteiger partial charge >= 0.3 is 0 Å². The molecule has 33 heavy (non-hydrogen) atoms. The Bertz CT molecular complexity index is 1070. The van der Waals surface area contributed by atoms with E-state index in [1.165, 1.54) is 12.1 Å². The summed E-state index contributed by atoms with van der Waals surface area (Å²) in [6, 6.07) is 18.8. The van der Waals surface area contributed by atoms with E-state index in [1.54, 1.807) is 44.6 Å². The quantitative estimate of drug-likeness (QED) is 0.301. The third-order valence-electron chi connectivity index (χ3n) is 5.24. The summed E-state index contributed by atoms with van der Waals surface area (Å²) in [5.41, 5.74) is 2.15. The first-order valence-corrected chi connectivity index (χ1v) is 10.6. The number of anilines is 1. The number of nitrogens with zero attached hydrogens (tertiary/aromatic N) is 1. The molecule has 0 spiro atoms. The van der Waals surface area contributed by atoms with Gasteiger partial charge in [0, 0.05) is 24.2 Å². The Morgan fingerprint density at radius 2 is 1.67 bits per heavy atom. The minimum atomic E-state index is -0.826. The molecule has 0 amide bonds. The smallest absolute Gasteiger partial charge is 0.271 e. The number of nitro groups is 1. The number of nitro benzene ring substituents is 1. The van der Waals surface area contributed by atoms with Crippen molar-refractivity contribution in [1.29, 1.82) is 0 Å². The Morgan fingerprint density at radius 3 is 2.30 bits per heavy atom. The summed E-state index contributed by atoms with van der Waals surface area (Å²) in [5, 5.41) is 25.5. The highest BCUT2D eigenvalue weighted by molar-refractivity contribution is 5.52. The number of hydrogen-bond acceptors (Lipinski definition) is 7. The van der Waals surface area contributed by atoms with E-state index in [0.29, 0.717) is 35.8 Å². The molecule has 174 valence electrons. The van der Waals surface area contributed by atoms with Crippen LogP contribution < -0.4 is 19.5 Å². The van der Waals surface area contributed by atoms with Crippen molar-refractivity contribution in [1.82, 2.24) is 0 Å². The van der Waals surface area contributed by atoms with Gasteiger partial charge in [-0.15, -0.1) is 0 Å². The van der Waals surface area contributed by atoms with Gasteiger partial charge in [-0.05, 0) is 48.4 Å². The first kappa shape index (κ1) is 23.9. The van der Waals surface area contributed by atoms with Gasteiger partial charge in [0.25, 0.3) is 5.69 Å². The number of nitrogens with one attached hydrogen (secondary N) is 1. The number of methoxy groups -OCH3 is 2. The van der Waals surface area contributed by atoms with Crippen LogP contribution in [0.2, 0.25) is 0 Å². The van der Waals surface area contributed by atoms with Crippen molar-refractivity contribution in [2.75, 3.05) is 26.1 Å². The van der Waals surface area contributed by atoms with Crippen LogP contribution in [0.3, 0.4) is 0 Å². The molecule has 0 aromatic heterocycles. The molecule has 0 radical (unpaired) electrons. The molecule has 0 aliphatic carbocycles. The lowest BCUT2D eigenvalue weighted by molar-refractivity contribution is -0.384. The predicted octanol–water partition coefficient (Wildman–Crippen LogP) is 5.29. The van der Waals surface area contributed by atoms with Crippen LogP contribution in [0.25, 0.3) is 0 Å². The van der Waals surface area contributed by atoms with Crippen molar-refractivity contribution in [2.24, 2.45) is 0 Å². The molecule has 3 aromatic rings. The van der Waals surface area contributed by atoms with Crippen LogP contribution in [0.5, 0.6) is 17.2 Å². The Labute approximate surface area is 192 Å². The summed E-state index contributed by atoms with van der Waals surface area (Å²) in [5.74, 6) is 1.85. The zero-order chi connectivity index (χ0) is 23.8. The molecule has 2 atom stereocenters. The van der Waals surface area contributed by atoms with Gasteiger partial charge < -0.3 is 24.6 Å². The number of aliphatic hydroxyl groups is 1. The van der Waals surface area contributed by atoms with Gasteiger partial charge in [-0.25, -0.2) is 0 Å². The lowest BCUT2D eigenvalue weighted by Gasteiger charge is -2.24. The third-order valence-corrected chi connectivity index (χ3v) is 5.24. The summed E-state index contributed by atoms with van der Waals surface area (Å²) in [4.78, 5) is 10.8. The lowest BCUT2D eigenvalue weighted by Crippen LogP contribution is -2.15. The first-order valence-electron chi connectivity index (χ1n) is 10.6. The minimum absolute atomic E-state index is 0.00844. The second kappa shape index (κ2) is 11.2. The average Bonchev–Trinajstić information content (AvgIpc) is 2.84. The number of hydrogen-bond donors (Lipinski definition) is 2. The fraction of sp³-hybridized carbons (Fsp3) is 0.280. The Morgan fingerprint density at radius 1 is 0.970 bits per heavy atom. The second-order valence-electron chi connectivity index (χ2n) is 7.37. The molecule has 0 aliphatic rings. The average molecular weight is 453 g/mol. The maximum absolute atomic E-state index is 11.2. The molecule has 8 nitrogen and oxygen atoms in total. The van der Waals surface area contributed by atoms with Gasteiger partial charge in [-0.1, -0.05) is 24.3 Å². The summed E-state index contributed by atoms with van der Waals surface area (Å²) < 4.78 is 16.2. The van der Waals surface area contributed by atoms with E-state index < -0.39 is 11.0 Å². The topological polar surface area (TPSA) is 103 Å². The van der Waals surface area contributed by atoms with Gasteiger partial charge in [0.15, 0.2) is 11.5 Å². The Kier molecular flexibility index (Phi) is 8.10. The molecule has 2 N–H and O–H groups in total. The van der Waals surface area contributed by atoms with E-state index in [0.717, 1.165) is 11.3 Å². The highest BCUT2D eigenvalue weighted by atomic mass is 16.6. The van der Waals surface area contributed by atoms with Gasteiger partial charge in [-0.2, -0.15) is 0 Å². The second-order valence-corrected chi connectivity index (χ2v) is 7.37. The van der Waals surface area contributed by atoms with Crippen LogP contribution in [0.15, 0.2) is 66.7 Å². The molecular weight excluding hydrogens is 424 g/mol. The number of benzene rings is 3. The highest BCUT2D eigenvalue weighted by Crippen LogP contribution is 2.35. The number of non-ortho nitro benzene ring substituents is 1. The summed E-state index contributed by atoms with van der Waals surface area (Å²) in [7, 11) is 3.10. The van der Waals surface area contributed by atoms with E-state index in [1.807, 2.05) is 31.2 Å². The third kappa shape index (κ3) is 6.14. The van der Waals surface area contributed by atoms with E-state index in [9.17, 15) is 15.2 Å². The van der Waals surface area contributed by atoms with Gasteiger partial charge in [-0.3, -0.25) is 10.1 Å². The molecule has 3 aromatic carbocycles. The molecule has 0 bridgehead atoms. The largest absolute Gasteiger partial charge is 0.494 e. The zero-order valence-corrected chi connectivity index (χ0v) is 18.9. The van der Waals surface area contributed by atoms with Crippen molar-refractivity contribution in [3.05, 3.63) is 88.0 Å². The monoisotopic (exact) mass is 452 g/mol. The van der Waals surface area contributed by atoms with E-state index in [4.69, 9.17) is 14.2 Å². The van der Waals surface area contributed by atoms with Crippen molar-refractivity contribution in [3.63, 3.8) is 0 Å². The standard InChI is InChI=1S/C25H28N2O6/c1-4-33-21-11-8-17(9-12-21)22(26-19-6-5-7-20(15-19)27(29)30)16-23(28)18-10-13-24(31-2)25(14-18)32-3/h5-15,22-23,26,28H,4,16H2,1-3H3. The van der Waals surface area contributed by atoms with Crippen molar-refractivity contribution in [2.45, 2.75) is 25.5 Å². The fourth-order valence-electron chi connectivity index (χ4n) is 3.57. The first-order chi connectivity index (χ1) is 15.9. The molecular formula is C25H28N2O6. The molecule has 0 saturated carbocycles. The number of ether oxygens (including phenoxy) is 3. The van der Waals surface area contributed by atoms with Crippen LogP contribution in [0.1, 0.15) is 36.6 Å².